The molecule has 3 heteroatoms. The molecule has 0 saturated heterocycles. The third-order valence-corrected chi connectivity index (χ3v) is 19.2. The maximum Gasteiger partial charge on any atom is -1.00 e. The van der Waals surface area contributed by atoms with Crippen molar-refractivity contribution >= 4 is 14.4 Å². The molecule has 234 valence electrons. The Bertz CT molecular complexity index is 1730. The van der Waals surface area contributed by atoms with Crippen LogP contribution in [0.3, 0.4) is 0 Å². The molecule has 0 nitrogen and oxygen atoms in total. The van der Waals surface area contributed by atoms with E-state index in [1.54, 1.807) is 17.6 Å². The van der Waals surface area contributed by atoms with Gasteiger partial charge in [0.2, 0.25) is 0 Å². The molecule has 0 amide bonds. The summed E-state index contributed by atoms with van der Waals surface area (Å²) in [6.45, 7) is 34.0. The largest absolute Gasteiger partial charge is 1.00 e. The Kier molecular flexibility index (Phi) is 9.03. The number of hydrogen-bond acceptors (Lipinski definition) is 0. The summed E-state index contributed by atoms with van der Waals surface area (Å²) < 4.78 is 5.30. The molecular formula is C41H52Cl2Zr. The Hall–Kier alpha value is -1.27. The normalized spacial score (nSPS) is 20.3. The maximum atomic E-state index is 2.64. The van der Waals surface area contributed by atoms with Gasteiger partial charge in [-0.05, 0) is 0 Å². The van der Waals surface area contributed by atoms with E-state index in [9.17, 15) is 0 Å². The predicted octanol–water partition coefficient (Wildman–Crippen LogP) is 5.35. The molecule has 1 atom stereocenters. The molecular weight excluding hydrogens is 655 g/mol. The fourth-order valence-corrected chi connectivity index (χ4v) is 17.9. The Balaban J connectivity index is 0.00000221. The van der Waals surface area contributed by atoms with Crippen LogP contribution in [0.2, 0.25) is 0 Å². The van der Waals surface area contributed by atoms with Gasteiger partial charge in [-0.25, -0.2) is 0 Å². The number of allylic oxidation sites excluding steroid dienone is 8. The summed E-state index contributed by atoms with van der Waals surface area (Å²) in [5.74, 6) is 0.566. The molecule has 0 heterocycles. The average molecular weight is 707 g/mol. The number of hydrogen-bond donors (Lipinski definition) is 0. The number of halogens is 2. The van der Waals surface area contributed by atoms with Gasteiger partial charge in [0.05, 0.1) is 0 Å². The van der Waals surface area contributed by atoms with E-state index in [0.29, 0.717) is 5.92 Å². The van der Waals surface area contributed by atoms with Crippen LogP contribution in [0.4, 0.5) is 0 Å². The summed E-state index contributed by atoms with van der Waals surface area (Å²) in [6.07, 6.45) is 8.66. The number of fused-ring (bicyclic) bond motifs is 5. The van der Waals surface area contributed by atoms with E-state index < -0.39 is 21.3 Å². The molecule has 0 fully saturated rings. The van der Waals surface area contributed by atoms with E-state index in [0.717, 1.165) is 6.42 Å². The smallest absolute Gasteiger partial charge is 1.00 e. The van der Waals surface area contributed by atoms with Crippen molar-refractivity contribution in [3.05, 3.63) is 88.0 Å². The molecule has 0 bridgehead atoms. The van der Waals surface area contributed by atoms with Crippen LogP contribution >= 0.6 is 0 Å². The van der Waals surface area contributed by atoms with Crippen LogP contribution in [0.5, 0.6) is 0 Å². The van der Waals surface area contributed by atoms with Gasteiger partial charge in [-0.1, -0.05) is 0 Å². The quantitative estimate of drug-likeness (QED) is 0.338. The van der Waals surface area contributed by atoms with Crippen LogP contribution < -0.4 is 24.8 Å². The second kappa shape index (κ2) is 11.2. The van der Waals surface area contributed by atoms with Crippen LogP contribution in [0.15, 0.2) is 54.6 Å². The molecule has 4 aliphatic carbocycles. The second-order valence-electron chi connectivity index (χ2n) is 17.1. The molecule has 0 saturated carbocycles. The van der Waals surface area contributed by atoms with E-state index in [-0.39, 0.29) is 46.5 Å². The van der Waals surface area contributed by atoms with Gasteiger partial charge in [0.1, 0.15) is 0 Å². The zero-order valence-electron chi connectivity index (χ0n) is 29.6. The van der Waals surface area contributed by atoms with Crippen LogP contribution in [0.1, 0.15) is 130 Å². The van der Waals surface area contributed by atoms with Crippen LogP contribution in [0.25, 0.3) is 22.3 Å². The number of rotatable bonds is 2. The van der Waals surface area contributed by atoms with E-state index in [2.05, 4.69) is 139 Å². The van der Waals surface area contributed by atoms with Crippen molar-refractivity contribution in [2.45, 2.75) is 114 Å². The van der Waals surface area contributed by atoms with E-state index in [1.807, 2.05) is 3.28 Å². The minimum absolute atomic E-state index is 0. The molecule has 0 spiro atoms. The van der Waals surface area contributed by atoms with Gasteiger partial charge in [0.25, 0.3) is 0 Å². The third kappa shape index (κ3) is 5.34. The van der Waals surface area contributed by atoms with E-state index in [1.165, 1.54) is 50.1 Å². The molecule has 0 N–H and O–H groups in total. The van der Waals surface area contributed by atoms with E-state index >= 15 is 0 Å². The molecule has 0 aliphatic heterocycles. The van der Waals surface area contributed by atoms with E-state index in [4.69, 9.17) is 0 Å². The van der Waals surface area contributed by atoms with Crippen LogP contribution in [0, 0.1) is 16.7 Å². The predicted molar refractivity (Wildman–Crippen MR) is 182 cm³/mol. The first kappa shape index (κ1) is 35.6. The minimum Gasteiger partial charge on any atom is -1.00 e. The monoisotopic (exact) mass is 704 g/mol. The third-order valence-electron chi connectivity index (χ3n) is 10.4. The second-order valence-corrected chi connectivity index (χ2v) is 24.1. The van der Waals surface area contributed by atoms with Crippen LogP contribution in [-0.4, -0.2) is 3.21 Å². The average Bonchev–Trinajstić information content (AvgIpc) is 3.50. The molecule has 0 aromatic heterocycles. The molecule has 0 radical (unpaired) electrons. The molecule has 44 heavy (non-hydrogen) atoms. The van der Waals surface area contributed by atoms with Crippen molar-refractivity contribution in [3.63, 3.8) is 0 Å². The van der Waals surface area contributed by atoms with Crippen molar-refractivity contribution in [1.29, 1.82) is 0 Å². The minimum atomic E-state index is -2.31. The maximum absolute atomic E-state index is 2.64. The molecule has 6 rings (SSSR count). The Morgan fingerprint density at radius 2 is 1.32 bits per heavy atom. The van der Waals surface area contributed by atoms with Gasteiger partial charge in [-0.3, -0.25) is 0 Å². The Labute approximate surface area is 288 Å². The standard InChI is InChI=1S/C31H37.C7H9.C3H6.2ClH.Zr/c1-28(2,3)26-16-30(7,8)24-12-18-11-19-13-25-23(15-21(19)20(18)14-22(24)26)27(29(4,5)6)17-31(25,9)10;1-6-3-4-7(2)5-6;1-3-2;;;/h12-16H,11H2,1-10H3;3,5,7H,1-2H3;1-2H3;2*1H;/q;;;;;+2/p-2. The zero-order valence-corrected chi connectivity index (χ0v) is 33.6. The Morgan fingerprint density at radius 1 is 0.773 bits per heavy atom. The SMILES string of the molecule is CC1=CC(C)[C]([Zr+2]([C]2=C(C(C)(C)C)c3cc4c(cc3C2(C)C)Cc2cc3c(cc2-4)C(C(C)(C)C)=CC3(C)C)=[C](C)C)=C1.[Cl-].[Cl-]. The molecule has 4 aliphatic rings. The first-order valence-electron chi connectivity index (χ1n) is 16.2. The first-order chi connectivity index (χ1) is 19.2. The van der Waals surface area contributed by atoms with Crippen molar-refractivity contribution in [3.8, 4) is 11.1 Å². The van der Waals surface area contributed by atoms with Crippen molar-refractivity contribution in [1.82, 2.24) is 0 Å². The fraction of sp³-hybridized carbons (Fsp3) is 0.488. The topological polar surface area (TPSA) is 0 Å². The van der Waals surface area contributed by atoms with Gasteiger partial charge in [-0.15, -0.1) is 0 Å². The summed E-state index contributed by atoms with van der Waals surface area (Å²) >= 11 is -2.31. The van der Waals surface area contributed by atoms with Gasteiger partial charge in [0, 0.05) is 0 Å². The van der Waals surface area contributed by atoms with Gasteiger partial charge < -0.3 is 24.8 Å². The van der Waals surface area contributed by atoms with Crippen LogP contribution in [-0.2, 0) is 38.5 Å². The first-order valence-corrected chi connectivity index (χ1v) is 19.8. The van der Waals surface area contributed by atoms with Crippen molar-refractivity contribution < 1.29 is 46.1 Å². The zero-order chi connectivity index (χ0) is 30.9. The summed E-state index contributed by atoms with van der Waals surface area (Å²) in [6, 6.07) is 10.4. The molecule has 2 aromatic rings. The molecule has 1 unspecified atom stereocenters. The number of benzene rings is 2. The fourth-order valence-electron chi connectivity index (χ4n) is 8.60. The van der Waals surface area contributed by atoms with Gasteiger partial charge in [-0.2, -0.15) is 0 Å². The Morgan fingerprint density at radius 3 is 1.80 bits per heavy atom. The van der Waals surface area contributed by atoms with Crippen molar-refractivity contribution in [2.24, 2.45) is 16.7 Å². The van der Waals surface area contributed by atoms with Gasteiger partial charge in [0.15, 0.2) is 0 Å². The van der Waals surface area contributed by atoms with Crippen molar-refractivity contribution in [2.75, 3.05) is 0 Å². The summed E-state index contributed by atoms with van der Waals surface area (Å²) in [4.78, 5) is 0. The summed E-state index contributed by atoms with van der Waals surface area (Å²) in [5.41, 5.74) is 17.1. The summed E-state index contributed by atoms with van der Waals surface area (Å²) in [7, 11) is 0. The van der Waals surface area contributed by atoms with Gasteiger partial charge >= 0.3 is 266 Å². The summed E-state index contributed by atoms with van der Waals surface area (Å²) in [5, 5.41) is 0. The molecule has 2 aromatic carbocycles.